The van der Waals surface area contributed by atoms with Crippen LogP contribution in [-0.4, -0.2) is 18.0 Å². The Morgan fingerprint density at radius 3 is 2.13 bits per heavy atom. The van der Waals surface area contributed by atoms with Crippen LogP contribution in [0.3, 0.4) is 0 Å². The van der Waals surface area contributed by atoms with Crippen molar-refractivity contribution < 1.29 is 4.57 Å². The molecule has 0 aliphatic heterocycles. The Balaban J connectivity index is 2.62. The molecule has 0 aliphatic carbocycles. The summed E-state index contributed by atoms with van der Waals surface area (Å²) in [5.74, 6) is 0. The van der Waals surface area contributed by atoms with Crippen LogP contribution in [0.15, 0.2) is 30.3 Å². The van der Waals surface area contributed by atoms with Crippen molar-refractivity contribution in [3.8, 4) is 0 Å². The molecule has 84 valence electrons. The van der Waals surface area contributed by atoms with E-state index in [-0.39, 0.29) is 5.16 Å². The van der Waals surface area contributed by atoms with Gasteiger partial charge in [0.1, 0.15) is 0 Å². The summed E-state index contributed by atoms with van der Waals surface area (Å²) in [6.07, 6.45) is 1.73. The SMILES string of the molecule is CC(C)(C)[P@](C)(=O)CCc1ccccc1. The Hall–Kier alpha value is -0.550. The lowest BCUT2D eigenvalue weighted by Crippen LogP contribution is -2.17. The van der Waals surface area contributed by atoms with Crippen LogP contribution in [0.2, 0.25) is 0 Å². The topological polar surface area (TPSA) is 17.1 Å². The molecule has 0 fully saturated rings. The molecule has 0 N–H and O–H groups in total. The van der Waals surface area contributed by atoms with Crippen molar-refractivity contribution in [2.75, 3.05) is 12.8 Å². The maximum atomic E-state index is 12.4. The van der Waals surface area contributed by atoms with Gasteiger partial charge in [0, 0.05) is 11.3 Å². The van der Waals surface area contributed by atoms with E-state index in [1.807, 2.05) is 24.9 Å². The van der Waals surface area contributed by atoms with Gasteiger partial charge in [0.05, 0.1) is 7.14 Å². The van der Waals surface area contributed by atoms with E-state index in [1.165, 1.54) is 5.56 Å². The first kappa shape index (κ1) is 12.5. The Labute approximate surface area is 93.3 Å². The highest BCUT2D eigenvalue weighted by atomic mass is 31.2. The molecule has 0 aliphatic rings. The predicted octanol–water partition coefficient (Wildman–Crippen LogP) is 4.02. The molecule has 1 atom stereocenters. The Morgan fingerprint density at radius 2 is 1.67 bits per heavy atom. The monoisotopic (exact) mass is 224 g/mol. The lowest BCUT2D eigenvalue weighted by Gasteiger charge is -2.27. The molecule has 0 saturated carbocycles. The normalized spacial score (nSPS) is 16.0. The summed E-state index contributed by atoms with van der Waals surface area (Å²) in [6, 6.07) is 10.3. The van der Waals surface area contributed by atoms with E-state index in [0.717, 1.165) is 12.6 Å². The third kappa shape index (κ3) is 3.50. The molecule has 0 aromatic heterocycles. The average Bonchev–Trinajstić information content (AvgIpc) is 2.15. The van der Waals surface area contributed by atoms with Crippen LogP contribution in [0.1, 0.15) is 26.3 Å². The third-order valence-electron chi connectivity index (χ3n) is 3.09. The molecule has 0 unspecified atom stereocenters. The first-order chi connectivity index (χ1) is 6.83. The molecule has 0 spiro atoms. The Bertz CT molecular complexity index is 349. The van der Waals surface area contributed by atoms with Crippen LogP contribution in [0, 0.1) is 0 Å². The number of benzene rings is 1. The smallest absolute Gasteiger partial charge is 0.0901 e. The van der Waals surface area contributed by atoms with Crippen LogP contribution >= 0.6 is 7.14 Å². The zero-order valence-electron chi connectivity index (χ0n) is 10.2. The maximum absolute atomic E-state index is 12.4. The average molecular weight is 224 g/mol. The van der Waals surface area contributed by atoms with Crippen LogP contribution in [0.5, 0.6) is 0 Å². The summed E-state index contributed by atoms with van der Waals surface area (Å²) in [4.78, 5) is 0. The second kappa shape index (κ2) is 4.53. The van der Waals surface area contributed by atoms with E-state index >= 15 is 0 Å². The maximum Gasteiger partial charge on any atom is 0.0901 e. The number of rotatable bonds is 3. The van der Waals surface area contributed by atoms with E-state index in [9.17, 15) is 4.57 Å². The molecular weight excluding hydrogens is 203 g/mol. The second-order valence-corrected chi connectivity index (χ2v) is 9.22. The van der Waals surface area contributed by atoms with E-state index in [2.05, 4.69) is 32.9 Å². The fourth-order valence-electron chi connectivity index (χ4n) is 1.32. The predicted molar refractivity (Wildman–Crippen MR) is 68.3 cm³/mol. The molecule has 0 heterocycles. The molecule has 1 aromatic rings. The second-order valence-electron chi connectivity index (χ2n) is 5.23. The van der Waals surface area contributed by atoms with Crippen LogP contribution in [-0.2, 0) is 11.0 Å². The quantitative estimate of drug-likeness (QED) is 0.709. The summed E-state index contributed by atoms with van der Waals surface area (Å²) in [5.41, 5.74) is 1.28. The van der Waals surface area contributed by atoms with E-state index in [4.69, 9.17) is 0 Å². The van der Waals surface area contributed by atoms with Gasteiger partial charge >= 0.3 is 0 Å². The van der Waals surface area contributed by atoms with Crippen LogP contribution in [0.25, 0.3) is 0 Å². The van der Waals surface area contributed by atoms with Gasteiger partial charge in [-0.2, -0.15) is 0 Å². The van der Waals surface area contributed by atoms with Gasteiger partial charge in [0.2, 0.25) is 0 Å². The highest BCUT2D eigenvalue weighted by Gasteiger charge is 2.30. The first-order valence-corrected chi connectivity index (χ1v) is 7.77. The van der Waals surface area contributed by atoms with Gasteiger partial charge in [-0.25, -0.2) is 0 Å². The molecule has 0 saturated heterocycles. The molecule has 1 rings (SSSR count). The molecule has 1 nitrogen and oxygen atoms in total. The van der Waals surface area contributed by atoms with Gasteiger partial charge in [-0.3, -0.25) is 0 Å². The van der Waals surface area contributed by atoms with Gasteiger partial charge in [-0.05, 0) is 18.6 Å². The molecular formula is C13H21OP. The van der Waals surface area contributed by atoms with Crippen molar-refractivity contribution >= 4 is 7.14 Å². The summed E-state index contributed by atoms with van der Waals surface area (Å²) < 4.78 is 12.4. The minimum absolute atomic E-state index is 0.0677. The summed E-state index contributed by atoms with van der Waals surface area (Å²) in [7, 11) is -2.04. The van der Waals surface area contributed by atoms with Gasteiger partial charge < -0.3 is 4.57 Å². The van der Waals surface area contributed by atoms with Crippen molar-refractivity contribution in [3.05, 3.63) is 35.9 Å². The van der Waals surface area contributed by atoms with Crippen molar-refractivity contribution in [1.29, 1.82) is 0 Å². The van der Waals surface area contributed by atoms with E-state index < -0.39 is 7.14 Å². The fraction of sp³-hybridized carbons (Fsp3) is 0.538. The fourth-order valence-corrected chi connectivity index (χ4v) is 2.68. The standard InChI is InChI=1S/C13H21OP/c1-13(2,3)15(4,14)11-10-12-8-6-5-7-9-12/h5-9H,10-11H2,1-4H3/t15-/m1/s1. The highest BCUT2D eigenvalue weighted by molar-refractivity contribution is 7.64. The van der Waals surface area contributed by atoms with E-state index in [0.29, 0.717) is 0 Å². The van der Waals surface area contributed by atoms with Gasteiger partial charge in [-0.1, -0.05) is 51.1 Å². The first-order valence-electron chi connectivity index (χ1n) is 5.43. The van der Waals surface area contributed by atoms with Gasteiger partial charge in [0.15, 0.2) is 0 Å². The molecule has 1 aromatic carbocycles. The molecule has 15 heavy (non-hydrogen) atoms. The Kier molecular flexibility index (Phi) is 3.78. The minimum atomic E-state index is -2.04. The molecule has 0 bridgehead atoms. The zero-order valence-corrected chi connectivity index (χ0v) is 11.1. The largest absolute Gasteiger partial charge is 0.323 e. The van der Waals surface area contributed by atoms with Gasteiger partial charge in [-0.15, -0.1) is 0 Å². The number of hydrogen-bond acceptors (Lipinski definition) is 1. The third-order valence-corrected chi connectivity index (χ3v) is 7.00. The van der Waals surface area contributed by atoms with Crippen molar-refractivity contribution in [3.63, 3.8) is 0 Å². The zero-order chi connectivity index (χ0) is 11.5. The highest BCUT2D eigenvalue weighted by Crippen LogP contribution is 2.54. The molecule has 0 amide bonds. The van der Waals surface area contributed by atoms with E-state index in [1.54, 1.807) is 0 Å². The number of hydrogen-bond donors (Lipinski definition) is 0. The van der Waals surface area contributed by atoms with Gasteiger partial charge in [0.25, 0.3) is 0 Å². The number of aryl methyl sites for hydroxylation is 1. The van der Waals surface area contributed by atoms with Crippen LogP contribution < -0.4 is 0 Å². The van der Waals surface area contributed by atoms with Crippen molar-refractivity contribution in [1.82, 2.24) is 0 Å². The van der Waals surface area contributed by atoms with Crippen molar-refractivity contribution in [2.24, 2.45) is 0 Å². The summed E-state index contributed by atoms with van der Waals surface area (Å²) >= 11 is 0. The van der Waals surface area contributed by atoms with Crippen LogP contribution in [0.4, 0.5) is 0 Å². The Morgan fingerprint density at radius 1 is 1.13 bits per heavy atom. The minimum Gasteiger partial charge on any atom is -0.323 e. The summed E-state index contributed by atoms with van der Waals surface area (Å²) in [6.45, 7) is 8.13. The molecule has 0 radical (unpaired) electrons. The lowest BCUT2D eigenvalue weighted by molar-refractivity contribution is 0.552. The lowest BCUT2D eigenvalue weighted by atomic mass is 10.2. The molecule has 2 heteroatoms. The summed E-state index contributed by atoms with van der Waals surface area (Å²) in [5, 5.41) is -0.0677. The van der Waals surface area contributed by atoms with Crippen molar-refractivity contribution in [2.45, 2.75) is 32.3 Å².